The largest absolute Gasteiger partial charge is 0.497 e. The molecule has 2 heterocycles. The molecule has 0 spiro atoms. The molecule has 148 valence electrons. The normalized spacial score (nSPS) is 10.9. The molecular formula is C20H18FN5O3. The van der Waals surface area contributed by atoms with Crippen LogP contribution in [0.1, 0.15) is 11.3 Å². The van der Waals surface area contributed by atoms with Crippen molar-refractivity contribution in [3.63, 3.8) is 0 Å². The summed E-state index contributed by atoms with van der Waals surface area (Å²) in [5, 5.41) is 12.4. The lowest BCUT2D eigenvalue weighted by Crippen LogP contribution is -2.04. The Morgan fingerprint density at radius 2 is 1.86 bits per heavy atom. The number of ether oxygens (including phenoxy) is 2. The number of hydrogen-bond acceptors (Lipinski definition) is 7. The van der Waals surface area contributed by atoms with E-state index < -0.39 is 0 Å². The number of nitrogens with zero attached hydrogens (tertiary/aromatic N) is 5. The lowest BCUT2D eigenvalue weighted by Gasteiger charge is -2.06. The molecule has 0 saturated carbocycles. The third-order valence-corrected chi connectivity index (χ3v) is 4.51. The van der Waals surface area contributed by atoms with Crippen LogP contribution in [0.25, 0.3) is 23.0 Å². The maximum Gasteiger partial charge on any atom is 0.262 e. The van der Waals surface area contributed by atoms with Crippen LogP contribution in [0.5, 0.6) is 11.5 Å². The van der Waals surface area contributed by atoms with Crippen LogP contribution >= 0.6 is 0 Å². The lowest BCUT2D eigenvalue weighted by atomic mass is 10.2. The fraction of sp³-hybridized carbons (Fsp3) is 0.200. The van der Waals surface area contributed by atoms with Gasteiger partial charge in [-0.25, -0.2) is 9.07 Å². The highest BCUT2D eigenvalue weighted by atomic mass is 19.1. The summed E-state index contributed by atoms with van der Waals surface area (Å²) in [6.07, 6.45) is 0. The van der Waals surface area contributed by atoms with Crippen molar-refractivity contribution in [3.8, 4) is 34.5 Å². The molecule has 9 heteroatoms. The lowest BCUT2D eigenvalue weighted by molar-refractivity contribution is 0.391. The summed E-state index contributed by atoms with van der Waals surface area (Å²) in [7, 11) is 3.14. The predicted octanol–water partition coefficient (Wildman–Crippen LogP) is 3.51. The Labute approximate surface area is 165 Å². The molecule has 0 fully saturated rings. The van der Waals surface area contributed by atoms with Crippen LogP contribution in [-0.4, -0.2) is 39.4 Å². The first-order chi connectivity index (χ1) is 14.1. The van der Waals surface area contributed by atoms with Gasteiger partial charge < -0.3 is 14.0 Å². The minimum atomic E-state index is -0.280. The number of benzene rings is 2. The standard InChI is InChI=1S/C20H18FN5O3/c1-12-18(23-25-26(12)11-13-4-6-14(21)7-5-13)19-22-20(29-24-19)16-9-8-15(27-2)10-17(16)28-3/h4-10H,11H2,1-3H3. The highest BCUT2D eigenvalue weighted by molar-refractivity contribution is 5.66. The number of hydrogen-bond donors (Lipinski definition) is 0. The molecule has 0 saturated heterocycles. The van der Waals surface area contributed by atoms with Crippen molar-refractivity contribution in [2.75, 3.05) is 14.2 Å². The summed E-state index contributed by atoms with van der Waals surface area (Å²) in [4.78, 5) is 4.44. The van der Waals surface area contributed by atoms with Crippen molar-refractivity contribution in [3.05, 3.63) is 59.5 Å². The third kappa shape index (κ3) is 3.66. The predicted molar refractivity (Wildman–Crippen MR) is 102 cm³/mol. The molecule has 8 nitrogen and oxygen atoms in total. The van der Waals surface area contributed by atoms with Crippen LogP contribution in [0.2, 0.25) is 0 Å². The van der Waals surface area contributed by atoms with Crippen LogP contribution in [-0.2, 0) is 6.54 Å². The van der Waals surface area contributed by atoms with Crippen molar-refractivity contribution < 1.29 is 18.4 Å². The van der Waals surface area contributed by atoms with Crippen molar-refractivity contribution in [1.29, 1.82) is 0 Å². The summed E-state index contributed by atoms with van der Waals surface area (Å²) < 4.78 is 30.8. The van der Waals surface area contributed by atoms with E-state index in [9.17, 15) is 4.39 Å². The summed E-state index contributed by atoms with van der Waals surface area (Å²) >= 11 is 0. The Hall–Kier alpha value is -3.75. The van der Waals surface area contributed by atoms with Crippen LogP contribution < -0.4 is 9.47 Å². The van der Waals surface area contributed by atoms with Gasteiger partial charge in [0.25, 0.3) is 5.89 Å². The maximum absolute atomic E-state index is 13.1. The minimum absolute atomic E-state index is 0.280. The van der Waals surface area contributed by atoms with Crippen LogP contribution in [0.4, 0.5) is 4.39 Å². The van der Waals surface area contributed by atoms with Gasteiger partial charge in [-0.15, -0.1) is 5.10 Å². The molecule has 0 amide bonds. The van der Waals surface area contributed by atoms with E-state index in [-0.39, 0.29) is 5.82 Å². The molecule has 0 aliphatic rings. The SMILES string of the molecule is COc1ccc(-c2nc(-c3nnn(Cc4ccc(F)cc4)c3C)no2)c(OC)c1. The zero-order chi connectivity index (χ0) is 20.4. The molecule has 4 aromatic rings. The van der Waals surface area contributed by atoms with Gasteiger partial charge in [-0.05, 0) is 36.8 Å². The summed E-state index contributed by atoms with van der Waals surface area (Å²) in [6.45, 7) is 2.32. The maximum atomic E-state index is 13.1. The minimum Gasteiger partial charge on any atom is -0.497 e. The van der Waals surface area contributed by atoms with Crippen molar-refractivity contribution in [2.45, 2.75) is 13.5 Å². The molecule has 0 bridgehead atoms. The zero-order valence-electron chi connectivity index (χ0n) is 16.1. The second kappa shape index (κ2) is 7.70. The van der Waals surface area contributed by atoms with Gasteiger partial charge in [0, 0.05) is 6.07 Å². The van der Waals surface area contributed by atoms with Gasteiger partial charge in [0.2, 0.25) is 5.82 Å². The Morgan fingerprint density at radius 3 is 2.59 bits per heavy atom. The van der Waals surface area contributed by atoms with E-state index >= 15 is 0 Å². The first-order valence-corrected chi connectivity index (χ1v) is 8.80. The fourth-order valence-corrected chi connectivity index (χ4v) is 2.88. The quantitative estimate of drug-likeness (QED) is 0.494. The first kappa shape index (κ1) is 18.6. The molecule has 0 radical (unpaired) electrons. The van der Waals surface area contributed by atoms with Gasteiger partial charge in [-0.3, -0.25) is 0 Å². The van der Waals surface area contributed by atoms with Gasteiger partial charge in [-0.2, -0.15) is 4.98 Å². The van der Waals surface area contributed by atoms with E-state index in [1.807, 2.05) is 6.92 Å². The Kier molecular flexibility index (Phi) is 4.94. The number of rotatable bonds is 6. The second-order valence-electron chi connectivity index (χ2n) is 6.30. The van der Waals surface area contributed by atoms with Crippen molar-refractivity contribution >= 4 is 0 Å². The average molecular weight is 395 g/mol. The highest BCUT2D eigenvalue weighted by Gasteiger charge is 2.20. The molecular weight excluding hydrogens is 377 g/mol. The van der Waals surface area contributed by atoms with E-state index in [4.69, 9.17) is 14.0 Å². The molecule has 29 heavy (non-hydrogen) atoms. The van der Waals surface area contributed by atoms with E-state index in [2.05, 4.69) is 20.5 Å². The van der Waals surface area contributed by atoms with Gasteiger partial charge in [0.1, 0.15) is 17.3 Å². The average Bonchev–Trinajstić information content (AvgIpc) is 3.36. The Balaban J connectivity index is 1.62. The summed E-state index contributed by atoms with van der Waals surface area (Å²) in [5.41, 5.74) is 2.82. The number of halogens is 1. The van der Waals surface area contributed by atoms with Gasteiger partial charge >= 0.3 is 0 Å². The van der Waals surface area contributed by atoms with Crippen LogP contribution in [0, 0.1) is 12.7 Å². The van der Waals surface area contributed by atoms with Crippen molar-refractivity contribution in [1.82, 2.24) is 25.1 Å². The number of aromatic nitrogens is 5. The monoisotopic (exact) mass is 395 g/mol. The smallest absolute Gasteiger partial charge is 0.262 e. The number of methoxy groups -OCH3 is 2. The summed E-state index contributed by atoms with van der Waals surface area (Å²) in [5.74, 6) is 1.55. The zero-order valence-corrected chi connectivity index (χ0v) is 16.1. The van der Waals surface area contributed by atoms with E-state index in [0.717, 1.165) is 11.3 Å². The third-order valence-electron chi connectivity index (χ3n) is 4.51. The Morgan fingerprint density at radius 1 is 1.07 bits per heavy atom. The molecule has 0 unspecified atom stereocenters. The molecule has 0 aliphatic carbocycles. The van der Waals surface area contributed by atoms with E-state index in [0.29, 0.717) is 41.0 Å². The van der Waals surface area contributed by atoms with Gasteiger partial charge in [-0.1, -0.05) is 22.5 Å². The molecule has 0 atom stereocenters. The summed E-state index contributed by atoms with van der Waals surface area (Å²) in [6, 6.07) is 11.5. The molecule has 2 aromatic carbocycles. The molecule has 4 rings (SSSR count). The molecule has 0 aliphatic heterocycles. The second-order valence-corrected chi connectivity index (χ2v) is 6.30. The highest BCUT2D eigenvalue weighted by Crippen LogP contribution is 2.33. The molecule has 0 N–H and O–H groups in total. The topological polar surface area (TPSA) is 88.1 Å². The van der Waals surface area contributed by atoms with E-state index in [1.54, 1.807) is 49.2 Å². The Bertz CT molecular complexity index is 1140. The van der Waals surface area contributed by atoms with Gasteiger partial charge in [0.05, 0.1) is 32.0 Å². The fourth-order valence-electron chi connectivity index (χ4n) is 2.88. The first-order valence-electron chi connectivity index (χ1n) is 8.80. The van der Waals surface area contributed by atoms with Crippen LogP contribution in [0.3, 0.4) is 0 Å². The molecule has 2 aromatic heterocycles. The van der Waals surface area contributed by atoms with E-state index in [1.165, 1.54) is 12.1 Å². The van der Waals surface area contributed by atoms with Crippen molar-refractivity contribution in [2.24, 2.45) is 0 Å². The van der Waals surface area contributed by atoms with Crippen LogP contribution in [0.15, 0.2) is 47.0 Å². The van der Waals surface area contributed by atoms with Gasteiger partial charge in [0.15, 0.2) is 5.69 Å².